The molecule has 0 heterocycles. The summed E-state index contributed by atoms with van der Waals surface area (Å²) in [5, 5.41) is 11.9. The van der Waals surface area contributed by atoms with Gasteiger partial charge in [-0.15, -0.1) is 0 Å². The fraction of sp³-hybridized carbons (Fsp3) is 0.462. The van der Waals surface area contributed by atoms with Crippen LogP contribution in [0.2, 0.25) is 0 Å². The van der Waals surface area contributed by atoms with Crippen molar-refractivity contribution in [1.29, 1.82) is 0 Å². The number of aliphatic hydroxyl groups is 1. The lowest BCUT2D eigenvalue weighted by Crippen LogP contribution is -2.25. The third-order valence-electron chi connectivity index (χ3n) is 2.45. The maximum absolute atomic E-state index is 11.8. The van der Waals surface area contributed by atoms with Gasteiger partial charge >= 0.3 is 0 Å². The van der Waals surface area contributed by atoms with E-state index in [2.05, 4.69) is 5.32 Å². The van der Waals surface area contributed by atoms with Gasteiger partial charge in [-0.1, -0.05) is 0 Å². The van der Waals surface area contributed by atoms with Crippen LogP contribution >= 0.6 is 0 Å². The Morgan fingerprint density at radius 2 is 2.18 bits per heavy atom. The van der Waals surface area contributed by atoms with E-state index in [9.17, 15) is 4.79 Å². The fourth-order valence-corrected chi connectivity index (χ4v) is 1.65. The Balaban J connectivity index is 2.47. The quantitative estimate of drug-likeness (QED) is 0.535. The summed E-state index contributed by atoms with van der Waals surface area (Å²) < 4.78 is 0. The summed E-state index contributed by atoms with van der Waals surface area (Å²) in [5.41, 5.74) is 7.83. The van der Waals surface area contributed by atoms with E-state index in [1.54, 1.807) is 19.1 Å². The molecule has 4 nitrogen and oxygen atoms in total. The molecule has 0 aliphatic carbocycles. The second-order valence-electron chi connectivity index (χ2n) is 4.38. The third kappa shape index (κ3) is 4.87. The van der Waals surface area contributed by atoms with Crippen molar-refractivity contribution >= 4 is 11.6 Å². The normalized spacial score (nSPS) is 12.2. The molecule has 0 aliphatic heterocycles. The molecule has 0 fully saturated rings. The molecular weight excluding hydrogens is 216 g/mol. The highest BCUT2D eigenvalue weighted by Crippen LogP contribution is 2.11. The highest BCUT2D eigenvalue weighted by molar-refractivity contribution is 5.95. The summed E-state index contributed by atoms with van der Waals surface area (Å²) in [7, 11) is 0. The Bertz CT molecular complexity index is 369. The van der Waals surface area contributed by atoms with Crippen molar-refractivity contribution in [3.8, 4) is 0 Å². The van der Waals surface area contributed by atoms with Crippen molar-refractivity contribution in [3.63, 3.8) is 0 Å². The number of nitrogens with one attached hydrogen (secondary N) is 1. The lowest BCUT2D eigenvalue weighted by Gasteiger charge is -2.07. The van der Waals surface area contributed by atoms with Crippen molar-refractivity contribution < 1.29 is 9.90 Å². The van der Waals surface area contributed by atoms with Gasteiger partial charge in [-0.3, -0.25) is 4.79 Å². The molecule has 1 rings (SSSR count). The Kier molecular flexibility index (Phi) is 4.97. The SMILES string of the molecule is Cc1cc(N)cc(C(=O)NCCCC(C)O)c1. The number of carbonyl (C=O) groups excluding carboxylic acids is 1. The van der Waals surface area contributed by atoms with Gasteiger partial charge in [0.15, 0.2) is 0 Å². The van der Waals surface area contributed by atoms with E-state index >= 15 is 0 Å². The zero-order chi connectivity index (χ0) is 12.8. The molecule has 0 aromatic heterocycles. The van der Waals surface area contributed by atoms with E-state index in [0.717, 1.165) is 12.0 Å². The van der Waals surface area contributed by atoms with Crippen molar-refractivity contribution in [2.24, 2.45) is 0 Å². The van der Waals surface area contributed by atoms with E-state index in [-0.39, 0.29) is 12.0 Å². The molecule has 1 amide bonds. The first-order chi connectivity index (χ1) is 7.99. The second-order valence-corrected chi connectivity index (χ2v) is 4.38. The summed E-state index contributed by atoms with van der Waals surface area (Å²) in [6, 6.07) is 5.29. The summed E-state index contributed by atoms with van der Waals surface area (Å²) >= 11 is 0. The average Bonchev–Trinajstić information content (AvgIpc) is 2.22. The number of nitrogens with two attached hydrogens (primary N) is 1. The Labute approximate surface area is 102 Å². The molecule has 4 heteroatoms. The largest absolute Gasteiger partial charge is 0.399 e. The lowest BCUT2D eigenvalue weighted by atomic mass is 10.1. The number of hydrogen-bond acceptors (Lipinski definition) is 3. The molecule has 1 aromatic carbocycles. The van der Waals surface area contributed by atoms with Crippen molar-refractivity contribution in [2.75, 3.05) is 12.3 Å². The molecule has 4 N–H and O–H groups in total. The van der Waals surface area contributed by atoms with Gasteiger partial charge in [0.2, 0.25) is 0 Å². The van der Waals surface area contributed by atoms with E-state index in [0.29, 0.717) is 24.2 Å². The summed E-state index contributed by atoms with van der Waals surface area (Å²) in [6.07, 6.45) is 1.14. The Hall–Kier alpha value is -1.55. The van der Waals surface area contributed by atoms with Crippen LogP contribution in [-0.2, 0) is 0 Å². The van der Waals surface area contributed by atoms with Gasteiger partial charge in [-0.05, 0) is 50.5 Å². The predicted octanol–water partition coefficient (Wildman–Crippen LogP) is 1.47. The number of aliphatic hydroxyl groups excluding tert-OH is 1. The van der Waals surface area contributed by atoms with Crippen LogP contribution in [0.1, 0.15) is 35.7 Å². The molecule has 0 saturated heterocycles. The maximum atomic E-state index is 11.8. The number of anilines is 1. The molecule has 0 spiro atoms. The second kappa shape index (κ2) is 6.25. The van der Waals surface area contributed by atoms with Gasteiger partial charge in [-0.2, -0.15) is 0 Å². The van der Waals surface area contributed by atoms with Crippen LogP contribution in [0.25, 0.3) is 0 Å². The van der Waals surface area contributed by atoms with Crippen LogP contribution in [0.15, 0.2) is 18.2 Å². The third-order valence-corrected chi connectivity index (χ3v) is 2.45. The molecule has 1 atom stereocenters. The summed E-state index contributed by atoms with van der Waals surface area (Å²) in [5.74, 6) is -0.119. The first kappa shape index (κ1) is 13.5. The Morgan fingerprint density at radius 1 is 1.47 bits per heavy atom. The zero-order valence-electron chi connectivity index (χ0n) is 10.4. The molecule has 1 unspecified atom stereocenters. The van der Waals surface area contributed by atoms with Gasteiger partial charge < -0.3 is 16.2 Å². The van der Waals surface area contributed by atoms with E-state index in [4.69, 9.17) is 10.8 Å². The van der Waals surface area contributed by atoms with E-state index < -0.39 is 0 Å². The van der Waals surface area contributed by atoms with Gasteiger partial charge in [0.25, 0.3) is 5.91 Å². The molecule has 1 aromatic rings. The van der Waals surface area contributed by atoms with E-state index in [1.165, 1.54) is 0 Å². The lowest BCUT2D eigenvalue weighted by molar-refractivity contribution is 0.0949. The minimum atomic E-state index is -0.318. The molecular formula is C13H20N2O2. The maximum Gasteiger partial charge on any atom is 0.251 e. The first-order valence-electron chi connectivity index (χ1n) is 5.82. The van der Waals surface area contributed by atoms with Crippen LogP contribution in [0.5, 0.6) is 0 Å². The van der Waals surface area contributed by atoms with Crippen molar-refractivity contribution in [2.45, 2.75) is 32.8 Å². The summed E-state index contributed by atoms with van der Waals surface area (Å²) in [4.78, 5) is 11.8. The van der Waals surface area contributed by atoms with Crippen LogP contribution in [0, 0.1) is 6.92 Å². The van der Waals surface area contributed by atoms with Crippen molar-refractivity contribution in [1.82, 2.24) is 5.32 Å². The minimum absolute atomic E-state index is 0.119. The molecule has 0 aliphatic rings. The highest BCUT2D eigenvalue weighted by atomic mass is 16.3. The van der Waals surface area contributed by atoms with Gasteiger partial charge in [0, 0.05) is 17.8 Å². The smallest absolute Gasteiger partial charge is 0.251 e. The molecule has 0 saturated carbocycles. The van der Waals surface area contributed by atoms with Gasteiger partial charge in [-0.25, -0.2) is 0 Å². The fourth-order valence-electron chi connectivity index (χ4n) is 1.65. The topological polar surface area (TPSA) is 75.4 Å². The highest BCUT2D eigenvalue weighted by Gasteiger charge is 2.06. The number of aryl methyl sites for hydroxylation is 1. The molecule has 0 radical (unpaired) electrons. The van der Waals surface area contributed by atoms with Crippen LogP contribution in [0.4, 0.5) is 5.69 Å². The molecule has 94 valence electrons. The zero-order valence-corrected chi connectivity index (χ0v) is 10.4. The number of hydrogen-bond donors (Lipinski definition) is 3. The molecule has 17 heavy (non-hydrogen) atoms. The number of carbonyl (C=O) groups is 1. The standard InChI is InChI=1S/C13H20N2O2/c1-9-6-11(8-12(14)7-9)13(17)15-5-3-4-10(2)16/h6-8,10,16H,3-5,14H2,1-2H3,(H,15,17). The number of amides is 1. The predicted molar refractivity (Wildman–Crippen MR) is 68.8 cm³/mol. The average molecular weight is 236 g/mol. The van der Waals surface area contributed by atoms with Gasteiger partial charge in [0.05, 0.1) is 6.10 Å². The summed E-state index contributed by atoms with van der Waals surface area (Å²) in [6.45, 7) is 4.21. The van der Waals surface area contributed by atoms with Gasteiger partial charge in [0.1, 0.15) is 0 Å². The van der Waals surface area contributed by atoms with Crippen LogP contribution in [-0.4, -0.2) is 23.7 Å². The number of rotatable bonds is 5. The first-order valence-corrected chi connectivity index (χ1v) is 5.82. The molecule has 0 bridgehead atoms. The minimum Gasteiger partial charge on any atom is -0.399 e. The Morgan fingerprint density at radius 3 is 2.76 bits per heavy atom. The van der Waals surface area contributed by atoms with Crippen molar-refractivity contribution in [3.05, 3.63) is 29.3 Å². The number of benzene rings is 1. The van der Waals surface area contributed by atoms with E-state index in [1.807, 2.05) is 13.0 Å². The monoisotopic (exact) mass is 236 g/mol. The number of nitrogen functional groups attached to an aromatic ring is 1. The van der Waals surface area contributed by atoms with Crippen LogP contribution < -0.4 is 11.1 Å². The van der Waals surface area contributed by atoms with Crippen LogP contribution in [0.3, 0.4) is 0 Å².